The van der Waals surface area contributed by atoms with Gasteiger partial charge in [0.1, 0.15) is 17.1 Å². The third-order valence-corrected chi connectivity index (χ3v) is 3.98. The monoisotopic (exact) mass is 396 g/mol. The van der Waals surface area contributed by atoms with Gasteiger partial charge in [-0.15, -0.1) is 0 Å². The van der Waals surface area contributed by atoms with Crippen LogP contribution >= 0.6 is 11.6 Å². The van der Waals surface area contributed by atoms with Crippen LogP contribution in [0.4, 0.5) is 14.9 Å². The van der Waals surface area contributed by atoms with Gasteiger partial charge in [0, 0.05) is 18.2 Å². The third-order valence-electron chi connectivity index (χ3n) is 3.66. The fraction of sp³-hybridized carbons (Fsp3) is 0.222. The van der Waals surface area contributed by atoms with E-state index in [0.29, 0.717) is 0 Å². The molecule has 2 aromatic rings. The van der Waals surface area contributed by atoms with E-state index in [1.165, 1.54) is 44.6 Å². The zero-order valence-corrected chi connectivity index (χ0v) is 15.3. The predicted octanol–water partition coefficient (Wildman–Crippen LogP) is 3.13. The Bertz CT molecular complexity index is 846. The molecule has 1 atom stereocenters. The van der Waals surface area contributed by atoms with Gasteiger partial charge >= 0.3 is 12.0 Å². The molecule has 0 spiro atoms. The summed E-state index contributed by atoms with van der Waals surface area (Å²) in [7, 11) is 2.57. The van der Waals surface area contributed by atoms with Gasteiger partial charge in [-0.25, -0.2) is 14.0 Å². The van der Waals surface area contributed by atoms with Crippen molar-refractivity contribution in [2.45, 2.75) is 6.10 Å². The summed E-state index contributed by atoms with van der Waals surface area (Å²) in [6.07, 6.45) is -1.22. The number of anilines is 1. The van der Waals surface area contributed by atoms with Gasteiger partial charge in [-0.3, -0.25) is 0 Å². The first-order chi connectivity index (χ1) is 12.9. The molecule has 0 aromatic heterocycles. The molecular weight excluding hydrogens is 379 g/mol. The van der Waals surface area contributed by atoms with E-state index in [1.807, 2.05) is 0 Å². The highest BCUT2D eigenvalue weighted by atomic mass is 35.5. The van der Waals surface area contributed by atoms with Crippen LogP contribution in [0.25, 0.3) is 0 Å². The van der Waals surface area contributed by atoms with Crippen LogP contribution in [-0.2, 0) is 4.74 Å². The Hall–Kier alpha value is -2.84. The molecule has 0 heterocycles. The number of aliphatic hydroxyl groups excluding tert-OH is 1. The first-order valence-corrected chi connectivity index (χ1v) is 8.18. The first-order valence-electron chi connectivity index (χ1n) is 7.80. The number of carbonyl (C=O) groups excluding carboxylic acids is 2. The maximum atomic E-state index is 13.6. The summed E-state index contributed by atoms with van der Waals surface area (Å²) in [6, 6.07) is 7.70. The minimum absolute atomic E-state index is 0.0694. The highest BCUT2D eigenvalue weighted by molar-refractivity contribution is 6.34. The van der Waals surface area contributed by atoms with Crippen LogP contribution in [-0.4, -0.2) is 37.9 Å². The van der Waals surface area contributed by atoms with E-state index in [1.54, 1.807) is 6.07 Å². The van der Waals surface area contributed by atoms with Crippen LogP contribution in [0.5, 0.6) is 5.75 Å². The van der Waals surface area contributed by atoms with Gasteiger partial charge in [0.15, 0.2) is 0 Å². The van der Waals surface area contributed by atoms with E-state index in [0.717, 1.165) is 0 Å². The molecule has 0 saturated carbocycles. The van der Waals surface area contributed by atoms with E-state index in [4.69, 9.17) is 16.3 Å². The standard InChI is InChI=1S/C18H18ClFN2O5/c1-26-16-8-14(12(19)7-11(16)17(24)27-2)22-18(25)21-9-15(23)10-5-3-4-6-13(10)20/h3-8,15,23H,9H2,1-2H3,(H2,21,22,25). The number of hydrogen-bond donors (Lipinski definition) is 3. The molecule has 27 heavy (non-hydrogen) atoms. The first kappa shape index (κ1) is 20.5. The zero-order chi connectivity index (χ0) is 20.0. The number of esters is 1. The van der Waals surface area contributed by atoms with Gasteiger partial charge in [0.25, 0.3) is 0 Å². The number of amides is 2. The van der Waals surface area contributed by atoms with Gasteiger partial charge in [0.2, 0.25) is 0 Å². The van der Waals surface area contributed by atoms with Crippen LogP contribution in [0.3, 0.4) is 0 Å². The van der Waals surface area contributed by atoms with Crippen LogP contribution < -0.4 is 15.4 Å². The summed E-state index contributed by atoms with van der Waals surface area (Å²) in [5.41, 5.74) is 0.352. The maximum absolute atomic E-state index is 13.6. The topological polar surface area (TPSA) is 96.9 Å². The molecule has 2 rings (SSSR count). The van der Waals surface area contributed by atoms with Crippen LogP contribution in [0.2, 0.25) is 5.02 Å². The fourth-order valence-corrected chi connectivity index (χ4v) is 2.51. The highest BCUT2D eigenvalue weighted by Crippen LogP contribution is 2.31. The zero-order valence-electron chi connectivity index (χ0n) is 14.6. The van der Waals surface area contributed by atoms with E-state index in [-0.39, 0.29) is 34.1 Å². The molecule has 0 aliphatic carbocycles. The minimum atomic E-state index is -1.22. The van der Waals surface area contributed by atoms with Gasteiger partial charge in [-0.05, 0) is 12.1 Å². The molecule has 0 fully saturated rings. The number of urea groups is 1. The van der Waals surface area contributed by atoms with Gasteiger partial charge in [0.05, 0.1) is 31.0 Å². The van der Waals surface area contributed by atoms with Crippen molar-refractivity contribution in [3.8, 4) is 5.75 Å². The van der Waals surface area contributed by atoms with E-state index >= 15 is 0 Å². The third kappa shape index (κ3) is 5.08. The quantitative estimate of drug-likeness (QED) is 0.652. The van der Waals surface area contributed by atoms with Crippen LogP contribution in [0.15, 0.2) is 36.4 Å². The van der Waals surface area contributed by atoms with Crippen molar-refractivity contribution in [3.63, 3.8) is 0 Å². The normalized spacial score (nSPS) is 11.4. The average Bonchev–Trinajstić information content (AvgIpc) is 2.67. The van der Waals surface area contributed by atoms with Crippen molar-refractivity contribution in [2.75, 3.05) is 26.1 Å². The molecule has 144 valence electrons. The largest absolute Gasteiger partial charge is 0.496 e. The number of nitrogens with one attached hydrogen (secondary N) is 2. The summed E-state index contributed by atoms with van der Waals surface area (Å²) >= 11 is 6.08. The number of carbonyl (C=O) groups is 2. The smallest absolute Gasteiger partial charge is 0.341 e. The van der Waals surface area contributed by atoms with Crippen molar-refractivity contribution in [2.24, 2.45) is 0 Å². The Kier molecular flexibility index (Phi) is 6.98. The number of rotatable bonds is 6. The summed E-state index contributed by atoms with van der Waals surface area (Å²) in [5.74, 6) is -1.05. The fourth-order valence-electron chi connectivity index (χ4n) is 2.30. The number of ether oxygens (including phenoxy) is 2. The van der Waals surface area contributed by atoms with Gasteiger partial charge in [-0.1, -0.05) is 29.8 Å². The highest BCUT2D eigenvalue weighted by Gasteiger charge is 2.18. The van der Waals surface area contributed by atoms with Crippen LogP contribution in [0.1, 0.15) is 22.0 Å². The van der Waals surface area contributed by atoms with Crippen LogP contribution in [0, 0.1) is 5.82 Å². The Morgan fingerprint density at radius 2 is 1.96 bits per heavy atom. The number of halogens is 2. The second kappa shape index (κ2) is 9.20. The Morgan fingerprint density at radius 1 is 1.26 bits per heavy atom. The van der Waals surface area contributed by atoms with Crippen molar-refractivity contribution >= 4 is 29.3 Å². The molecule has 0 saturated heterocycles. The average molecular weight is 397 g/mol. The van der Waals surface area contributed by atoms with Gasteiger partial charge in [-0.2, -0.15) is 0 Å². The number of methoxy groups -OCH3 is 2. The molecule has 0 bridgehead atoms. The lowest BCUT2D eigenvalue weighted by molar-refractivity contribution is 0.0597. The second-order valence-corrected chi connectivity index (χ2v) is 5.80. The molecule has 1 unspecified atom stereocenters. The minimum Gasteiger partial charge on any atom is -0.496 e. The van der Waals surface area contributed by atoms with Crippen molar-refractivity contribution in [3.05, 3.63) is 58.4 Å². The van der Waals surface area contributed by atoms with Crippen molar-refractivity contribution in [1.29, 1.82) is 0 Å². The Balaban J connectivity index is 2.05. The lowest BCUT2D eigenvalue weighted by atomic mass is 10.1. The number of hydrogen-bond acceptors (Lipinski definition) is 5. The molecule has 7 nitrogen and oxygen atoms in total. The summed E-state index contributed by atoms with van der Waals surface area (Å²) in [4.78, 5) is 23.7. The van der Waals surface area contributed by atoms with Crippen molar-refractivity contribution < 1.29 is 28.6 Å². The molecule has 0 aliphatic rings. The Morgan fingerprint density at radius 3 is 2.59 bits per heavy atom. The van der Waals surface area contributed by atoms with E-state index in [2.05, 4.69) is 15.4 Å². The van der Waals surface area contributed by atoms with Gasteiger partial charge < -0.3 is 25.2 Å². The Labute approximate surface area is 160 Å². The summed E-state index contributed by atoms with van der Waals surface area (Å²) < 4.78 is 23.4. The molecule has 2 amide bonds. The number of aliphatic hydroxyl groups is 1. The SMILES string of the molecule is COC(=O)c1cc(Cl)c(NC(=O)NCC(O)c2ccccc2F)cc1OC. The molecule has 3 N–H and O–H groups in total. The molecular formula is C18H18ClFN2O5. The lowest BCUT2D eigenvalue weighted by Gasteiger charge is -2.15. The molecule has 0 aliphatic heterocycles. The van der Waals surface area contributed by atoms with E-state index in [9.17, 15) is 19.1 Å². The predicted molar refractivity (Wildman–Crippen MR) is 97.7 cm³/mol. The maximum Gasteiger partial charge on any atom is 0.341 e. The summed E-state index contributed by atoms with van der Waals surface area (Å²) in [5, 5.41) is 15.0. The second-order valence-electron chi connectivity index (χ2n) is 5.40. The molecule has 9 heteroatoms. The molecule has 2 aromatic carbocycles. The molecule has 0 radical (unpaired) electrons. The number of benzene rings is 2. The van der Waals surface area contributed by atoms with E-state index < -0.39 is 23.9 Å². The van der Waals surface area contributed by atoms with Crippen molar-refractivity contribution in [1.82, 2.24) is 5.32 Å². The summed E-state index contributed by atoms with van der Waals surface area (Å²) in [6.45, 7) is -0.220. The lowest BCUT2D eigenvalue weighted by Crippen LogP contribution is -2.32.